The molecule has 0 aliphatic heterocycles. The van der Waals surface area contributed by atoms with Gasteiger partial charge in [0, 0.05) is 4.47 Å². The zero-order chi connectivity index (χ0) is 14.1. The highest BCUT2D eigenvalue weighted by Gasteiger charge is 2.14. The van der Waals surface area contributed by atoms with Crippen molar-refractivity contribution in [1.29, 1.82) is 0 Å². The molecule has 0 amide bonds. The van der Waals surface area contributed by atoms with Crippen molar-refractivity contribution >= 4 is 15.9 Å². The Kier molecular flexibility index (Phi) is 3.28. The van der Waals surface area contributed by atoms with Crippen LogP contribution in [0.15, 0.2) is 62.2 Å². The zero-order valence-corrected chi connectivity index (χ0v) is 12.3. The summed E-state index contributed by atoms with van der Waals surface area (Å²) in [6.45, 7) is 1.99. The molecule has 0 saturated carbocycles. The summed E-state index contributed by atoms with van der Waals surface area (Å²) in [7, 11) is 0. The fourth-order valence-corrected chi connectivity index (χ4v) is 2.58. The second-order valence-electron chi connectivity index (χ2n) is 4.40. The van der Waals surface area contributed by atoms with E-state index in [1.54, 1.807) is 12.1 Å². The van der Waals surface area contributed by atoms with Gasteiger partial charge in [0.25, 0.3) is 5.89 Å². The quantitative estimate of drug-likeness (QED) is 0.721. The number of halogens is 1. The van der Waals surface area contributed by atoms with Crippen molar-refractivity contribution in [2.24, 2.45) is 0 Å². The molecule has 0 aliphatic carbocycles. The van der Waals surface area contributed by atoms with E-state index in [9.17, 15) is 4.79 Å². The third kappa shape index (κ3) is 2.32. The van der Waals surface area contributed by atoms with Crippen LogP contribution >= 0.6 is 15.9 Å². The number of aryl methyl sites for hydroxylation is 1. The van der Waals surface area contributed by atoms with Crippen molar-refractivity contribution < 1.29 is 4.42 Å². The lowest BCUT2D eigenvalue weighted by atomic mass is 10.1. The number of rotatable bonds is 2. The first-order valence-electron chi connectivity index (χ1n) is 6.07. The minimum absolute atomic E-state index is 0.297. The predicted octanol–water partition coefficient (Wildman–Crippen LogP) is 3.56. The van der Waals surface area contributed by atoms with Crippen LogP contribution in [-0.4, -0.2) is 9.78 Å². The van der Waals surface area contributed by atoms with Gasteiger partial charge in [0.2, 0.25) is 0 Å². The lowest BCUT2D eigenvalue weighted by Gasteiger charge is -2.00. The van der Waals surface area contributed by atoms with Crippen LogP contribution in [0.1, 0.15) is 5.56 Å². The van der Waals surface area contributed by atoms with Crippen molar-refractivity contribution in [2.75, 3.05) is 0 Å². The summed E-state index contributed by atoms with van der Waals surface area (Å²) in [4.78, 5) is 11.9. The fourth-order valence-electron chi connectivity index (χ4n) is 1.91. The molecule has 1 heterocycles. The molecule has 3 rings (SSSR count). The molecule has 20 heavy (non-hydrogen) atoms. The first kappa shape index (κ1) is 12.9. The molecule has 5 heteroatoms. The number of aromatic nitrogens is 2. The smallest absolute Gasteiger partial charge is 0.387 e. The standard InChI is InChI=1S/C15H11BrN2O2/c1-10-7-8-12(13(16)9-10)14-17-18(15(19)20-14)11-5-3-2-4-6-11/h2-9H,1H3. The first-order valence-corrected chi connectivity index (χ1v) is 6.86. The average molecular weight is 331 g/mol. The van der Waals surface area contributed by atoms with Crippen LogP contribution in [0, 0.1) is 6.92 Å². The maximum Gasteiger partial charge on any atom is 0.442 e. The molecule has 1 aromatic heterocycles. The summed E-state index contributed by atoms with van der Waals surface area (Å²) in [6.07, 6.45) is 0. The summed E-state index contributed by atoms with van der Waals surface area (Å²) in [6, 6.07) is 15.0. The number of benzene rings is 2. The Morgan fingerprint density at radius 3 is 2.60 bits per heavy atom. The van der Waals surface area contributed by atoms with E-state index in [2.05, 4.69) is 21.0 Å². The Hall–Kier alpha value is -2.14. The molecule has 0 spiro atoms. The predicted molar refractivity (Wildman–Crippen MR) is 80.0 cm³/mol. The molecule has 4 nitrogen and oxygen atoms in total. The number of nitrogens with zero attached hydrogens (tertiary/aromatic N) is 2. The summed E-state index contributed by atoms with van der Waals surface area (Å²) >= 11 is 3.46. The molecule has 0 aliphatic rings. The lowest BCUT2D eigenvalue weighted by molar-refractivity contribution is 0.516. The summed E-state index contributed by atoms with van der Waals surface area (Å²) in [5.41, 5.74) is 2.54. The Balaban J connectivity index is 2.12. The molecule has 0 fully saturated rings. The molecule has 100 valence electrons. The molecule has 0 saturated heterocycles. The van der Waals surface area contributed by atoms with Gasteiger partial charge in [-0.15, -0.1) is 5.10 Å². The number of para-hydroxylation sites is 1. The van der Waals surface area contributed by atoms with Crippen LogP contribution in [0.25, 0.3) is 17.1 Å². The highest BCUT2D eigenvalue weighted by Crippen LogP contribution is 2.27. The van der Waals surface area contributed by atoms with Crippen LogP contribution in [-0.2, 0) is 0 Å². The van der Waals surface area contributed by atoms with Gasteiger partial charge in [0.05, 0.1) is 11.3 Å². The van der Waals surface area contributed by atoms with Gasteiger partial charge >= 0.3 is 5.76 Å². The monoisotopic (exact) mass is 330 g/mol. The van der Waals surface area contributed by atoms with E-state index in [-0.39, 0.29) is 0 Å². The van der Waals surface area contributed by atoms with E-state index in [0.717, 1.165) is 15.6 Å². The summed E-state index contributed by atoms with van der Waals surface area (Å²) in [5.74, 6) is -0.204. The van der Waals surface area contributed by atoms with Crippen LogP contribution < -0.4 is 5.76 Å². The van der Waals surface area contributed by atoms with Gasteiger partial charge in [-0.2, -0.15) is 4.68 Å². The van der Waals surface area contributed by atoms with Gasteiger partial charge in [-0.25, -0.2) is 4.79 Å². The van der Waals surface area contributed by atoms with E-state index in [4.69, 9.17) is 4.42 Å². The van der Waals surface area contributed by atoms with Crippen LogP contribution in [0.5, 0.6) is 0 Å². The molecule has 0 unspecified atom stereocenters. The lowest BCUT2D eigenvalue weighted by Crippen LogP contribution is -2.12. The van der Waals surface area contributed by atoms with Gasteiger partial charge in [-0.05, 0) is 52.7 Å². The fraction of sp³-hybridized carbons (Fsp3) is 0.0667. The van der Waals surface area contributed by atoms with Crippen molar-refractivity contribution in [3.8, 4) is 17.1 Å². The Labute approximate surface area is 123 Å². The van der Waals surface area contributed by atoms with Crippen LogP contribution in [0.2, 0.25) is 0 Å². The highest BCUT2D eigenvalue weighted by atomic mass is 79.9. The second-order valence-corrected chi connectivity index (χ2v) is 5.26. The maximum absolute atomic E-state index is 11.9. The number of hydrogen-bond acceptors (Lipinski definition) is 3. The molecule has 3 aromatic rings. The third-order valence-electron chi connectivity index (χ3n) is 2.90. The van der Waals surface area contributed by atoms with E-state index in [1.807, 2.05) is 43.3 Å². The maximum atomic E-state index is 11.9. The van der Waals surface area contributed by atoms with E-state index >= 15 is 0 Å². The molecule has 2 aromatic carbocycles. The summed E-state index contributed by atoms with van der Waals surface area (Å²) < 4.78 is 7.34. The van der Waals surface area contributed by atoms with Crippen molar-refractivity contribution in [1.82, 2.24) is 9.78 Å². The van der Waals surface area contributed by atoms with Crippen LogP contribution in [0.4, 0.5) is 0 Å². The van der Waals surface area contributed by atoms with Crippen molar-refractivity contribution in [3.63, 3.8) is 0 Å². The Morgan fingerprint density at radius 2 is 1.90 bits per heavy atom. The van der Waals surface area contributed by atoms with E-state index in [0.29, 0.717) is 11.6 Å². The van der Waals surface area contributed by atoms with E-state index in [1.165, 1.54) is 4.68 Å². The Morgan fingerprint density at radius 1 is 1.15 bits per heavy atom. The van der Waals surface area contributed by atoms with Crippen molar-refractivity contribution in [2.45, 2.75) is 6.92 Å². The topological polar surface area (TPSA) is 48.0 Å². The average Bonchev–Trinajstić information content (AvgIpc) is 2.81. The molecule has 0 N–H and O–H groups in total. The molecule has 0 radical (unpaired) electrons. The van der Waals surface area contributed by atoms with E-state index < -0.39 is 5.76 Å². The summed E-state index contributed by atoms with van der Waals surface area (Å²) in [5, 5.41) is 4.25. The number of hydrogen-bond donors (Lipinski definition) is 0. The molecule has 0 bridgehead atoms. The SMILES string of the molecule is Cc1ccc(-c2nn(-c3ccccc3)c(=O)o2)c(Br)c1. The molecular formula is C15H11BrN2O2. The van der Waals surface area contributed by atoms with Gasteiger partial charge in [-0.1, -0.05) is 24.3 Å². The van der Waals surface area contributed by atoms with Crippen molar-refractivity contribution in [3.05, 3.63) is 69.1 Å². The Bertz CT molecular complexity index is 806. The normalized spacial score (nSPS) is 10.7. The highest BCUT2D eigenvalue weighted by molar-refractivity contribution is 9.10. The molecular weight excluding hydrogens is 320 g/mol. The molecule has 0 atom stereocenters. The van der Waals surface area contributed by atoms with Gasteiger partial charge in [-0.3, -0.25) is 0 Å². The van der Waals surface area contributed by atoms with Gasteiger partial charge in [0.1, 0.15) is 0 Å². The first-order chi connectivity index (χ1) is 9.65. The minimum atomic E-state index is -0.501. The largest absolute Gasteiger partial charge is 0.442 e. The van der Waals surface area contributed by atoms with Crippen LogP contribution in [0.3, 0.4) is 0 Å². The zero-order valence-electron chi connectivity index (χ0n) is 10.7. The minimum Gasteiger partial charge on any atom is -0.387 e. The second kappa shape index (κ2) is 5.09. The van der Waals surface area contributed by atoms with Gasteiger partial charge < -0.3 is 4.42 Å². The van der Waals surface area contributed by atoms with Gasteiger partial charge in [0.15, 0.2) is 0 Å². The third-order valence-corrected chi connectivity index (χ3v) is 3.56.